The molecule has 1 aliphatic heterocycles. The molecule has 1 heterocycles. The topological polar surface area (TPSA) is 46.3 Å². The first-order valence-electron chi connectivity index (χ1n) is 7.72. The molecule has 108 valence electrons. The maximum absolute atomic E-state index is 12.6. The fraction of sp³-hybridized carbons (Fsp3) is 0.588. The highest BCUT2D eigenvalue weighted by atomic mass is 16.2. The van der Waals surface area contributed by atoms with Crippen LogP contribution in [0.15, 0.2) is 24.3 Å². The van der Waals surface area contributed by atoms with Crippen LogP contribution in [0.25, 0.3) is 0 Å². The van der Waals surface area contributed by atoms with Gasteiger partial charge in [-0.25, -0.2) is 0 Å². The maximum atomic E-state index is 12.6. The van der Waals surface area contributed by atoms with Gasteiger partial charge in [-0.1, -0.05) is 29.8 Å². The largest absolute Gasteiger partial charge is 0.336 e. The summed E-state index contributed by atoms with van der Waals surface area (Å²) in [6.45, 7) is 2.98. The second kappa shape index (κ2) is 5.21. The summed E-state index contributed by atoms with van der Waals surface area (Å²) in [4.78, 5) is 14.6. The van der Waals surface area contributed by atoms with Crippen LogP contribution < -0.4 is 5.73 Å². The van der Waals surface area contributed by atoms with Crippen molar-refractivity contribution in [3.63, 3.8) is 0 Å². The summed E-state index contributed by atoms with van der Waals surface area (Å²) in [7, 11) is 0. The van der Waals surface area contributed by atoms with E-state index in [9.17, 15) is 4.79 Å². The molecule has 1 aromatic carbocycles. The molecule has 2 N–H and O–H groups in total. The van der Waals surface area contributed by atoms with E-state index in [1.165, 1.54) is 17.5 Å². The quantitative estimate of drug-likeness (QED) is 0.919. The molecule has 0 aromatic heterocycles. The second-order valence-corrected chi connectivity index (χ2v) is 6.55. The molecule has 3 rings (SSSR count). The first-order valence-corrected chi connectivity index (χ1v) is 7.72. The van der Waals surface area contributed by atoms with Gasteiger partial charge in [0.25, 0.3) is 0 Å². The number of amides is 1. The van der Waals surface area contributed by atoms with Gasteiger partial charge in [0, 0.05) is 18.5 Å². The maximum Gasteiger partial charge on any atom is 0.224 e. The van der Waals surface area contributed by atoms with E-state index in [1.807, 2.05) is 0 Å². The summed E-state index contributed by atoms with van der Waals surface area (Å²) in [5.41, 5.74) is 8.55. The van der Waals surface area contributed by atoms with Crippen LogP contribution in [0.3, 0.4) is 0 Å². The average Bonchev–Trinajstić information content (AvgIpc) is 2.87. The van der Waals surface area contributed by atoms with Crippen molar-refractivity contribution in [1.82, 2.24) is 4.90 Å². The van der Waals surface area contributed by atoms with Gasteiger partial charge in [0.2, 0.25) is 5.91 Å². The zero-order valence-electron chi connectivity index (χ0n) is 12.3. The zero-order valence-corrected chi connectivity index (χ0v) is 12.3. The molecule has 1 atom stereocenters. The highest BCUT2D eigenvalue weighted by Crippen LogP contribution is 2.37. The first-order chi connectivity index (χ1) is 9.57. The van der Waals surface area contributed by atoms with Crippen molar-refractivity contribution in [2.24, 2.45) is 5.73 Å². The summed E-state index contributed by atoms with van der Waals surface area (Å²) < 4.78 is 0. The van der Waals surface area contributed by atoms with Gasteiger partial charge in [-0.05, 0) is 44.6 Å². The molecule has 1 saturated carbocycles. The average molecular weight is 272 g/mol. The summed E-state index contributed by atoms with van der Waals surface area (Å²) in [6.07, 6.45) is 5.87. The van der Waals surface area contributed by atoms with E-state index >= 15 is 0 Å². The Bertz CT molecular complexity index is 490. The lowest BCUT2D eigenvalue weighted by molar-refractivity contribution is -0.134. The molecule has 2 aliphatic rings. The number of aryl methyl sites for hydroxylation is 1. The van der Waals surface area contributed by atoms with Crippen LogP contribution in [0, 0.1) is 6.92 Å². The summed E-state index contributed by atoms with van der Waals surface area (Å²) in [5.74, 6) is 0.246. The highest BCUT2D eigenvalue weighted by Gasteiger charge is 2.38. The van der Waals surface area contributed by atoms with Crippen LogP contribution in [-0.4, -0.2) is 22.9 Å². The first kappa shape index (κ1) is 13.6. The highest BCUT2D eigenvalue weighted by molar-refractivity contribution is 5.78. The lowest BCUT2D eigenvalue weighted by atomic mass is 9.75. The minimum Gasteiger partial charge on any atom is -0.336 e. The lowest BCUT2D eigenvalue weighted by Crippen LogP contribution is -2.50. The zero-order chi connectivity index (χ0) is 14.2. The van der Waals surface area contributed by atoms with Gasteiger partial charge in [-0.2, -0.15) is 0 Å². The Balaban J connectivity index is 1.71. The Morgan fingerprint density at radius 3 is 2.60 bits per heavy atom. The molecular formula is C17H24N2O. The van der Waals surface area contributed by atoms with Gasteiger partial charge >= 0.3 is 0 Å². The Hall–Kier alpha value is -1.35. The number of carbonyl (C=O) groups excluding carboxylic acids is 1. The number of rotatable bonds is 3. The molecule has 1 aliphatic carbocycles. The van der Waals surface area contributed by atoms with E-state index in [0.29, 0.717) is 6.42 Å². The normalized spacial score (nSPS) is 24.5. The Labute approximate surface area is 121 Å². The van der Waals surface area contributed by atoms with E-state index in [2.05, 4.69) is 36.1 Å². The minimum absolute atomic E-state index is 0.211. The van der Waals surface area contributed by atoms with Crippen LogP contribution in [0.1, 0.15) is 55.7 Å². The van der Waals surface area contributed by atoms with Crippen LogP contribution in [0.4, 0.5) is 0 Å². The fourth-order valence-corrected chi connectivity index (χ4v) is 3.41. The van der Waals surface area contributed by atoms with Gasteiger partial charge < -0.3 is 10.6 Å². The monoisotopic (exact) mass is 272 g/mol. The van der Waals surface area contributed by atoms with E-state index in [0.717, 1.165) is 32.2 Å². The summed E-state index contributed by atoms with van der Waals surface area (Å²) in [6, 6.07) is 8.84. The second-order valence-electron chi connectivity index (χ2n) is 6.55. The number of hydrogen-bond donors (Lipinski definition) is 1. The molecule has 1 aromatic rings. The Morgan fingerprint density at radius 2 is 2.00 bits per heavy atom. The number of hydrogen-bond acceptors (Lipinski definition) is 2. The third kappa shape index (κ3) is 2.59. The van der Waals surface area contributed by atoms with Crippen molar-refractivity contribution in [1.29, 1.82) is 0 Å². The lowest BCUT2D eigenvalue weighted by Gasteiger charge is -2.39. The molecule has 3 nitrogen and oxygen atoms in total. The number of benzene rings is 1. The minimum atomic E-state index is -0.211. The molecule has 0 bridgehead atoms. The smallest absolute Gasteiger partial charge is 0.224 e. The van der Waals surface area contributed by atoms with E-state index in [1.54, 1.807) is 0 Å². The third-order valence-electron chi connectivity index (χ3n) is 4.89. The Morgan fingerprint density at radius 1 is 1.30 bits per heavy atom. The fourth-order valence-electron chi connectivity index (χ4n) is 3.41. The Kier molecular flexibility index (Phi) is 3.55. The van der Waals surface area contributed by atoms with Gasteiger partial charge in [-0.3, -0.25) is 4.79 Å². The third-order valence-corrected chi connectivity index (χ3v) is 4.89. The van der Waals surface area contributed by atoms with E-state index in [4.69, 9.17) is 5.73 Å². The van der Waals surface area contributed by atoms with Crippen LogP contribution >= 0.6 is 0 Å². The molecular weight excluding hydrogens is 248 g/mol. The summed E-state index contributed by atoms with van der Waals surface area (Å²) in [5, 5.41) is 0. The number of nitrogens with zero attached hydrogens (tertiary/aromatic N) is 1. The van der Waals surface area contributed by atoms with Crippen molar-refractivity contribution < 1.29 is 4.79 Å². The van der Waals surface area contributed by atoms with Gasteiger partial charge in [0.1, 0.15) is 0 Å². The van der Waals surface area contributed by atoms with Crippen molar-refractivity contribution in [3.8, 4) is 0 Å². The van der Waals surface area contributed by atoms with Crippen molar-refractivity contribution in [2.45, 2.75) is 57.0 Å². The standard InChI is InChI=1S/C17H24N2O/c1-13-5-7-14(8-6-13)15-4-2-11-19(15)16(20)12-17(18)9-3-10-17/h5-8,15H,2-4,9-12,18H2,1H3. The molecule has 20 heavy (non-hydrogen) atoms. The molecule has 0 radical (unpaired) electrons. The van der Waals surface area contributed by atoms with Crippen molar-refractivity contribution in [2.75, 3.05) is 6.54 Å². The molecule has 1 saturated heterocycles. The predicted molar refractivity (Wildman–Crippen MR) is 80.3 cm³/mol. The summed E-state index contributed by atoms with van der Waals surface area (Å²) >= 11 is 0. The molecule has 1 unspecified atom stereocenters. The molecule has 0 spiro atoms. The van der Waals surface area contributed by atoms with Crippen molar-refractivity contribution >= 4 is 5.91 Å². The number of carbonyl (C=O) groups is 1. The van der Waals surface area contributed by atoms with E-state index in [-0.39, 0.29) is 17.5 Å². The molecule has 1 amide bonds. The van der Waals surface area contributed by atoms with Gasteiger partial charge in [-0.15, -0.1) is 0 Å². The van der Waals surface area contributed by atoms with Crippen molar-refractivity contribution in [3.05, 3.63) is 35.4 Å². The number of likely N-dealkylation sites (tertiary alicyclic amines) is 1. The number of nitrogens with two attached hydrogens (primary N) is 1. The SMILES string of the molecule is Cc1ccc(C2CCCN2C(=O)CC2(N)CCC2)cc1. The van der Waals surface area contributed by atoms with Gasteiger partial charge in [0.05, 0.1) is 6.04 Å². The van der Waals surface area contributed by atoms with E-state index < -0.39 is 0 Å². The predicted octanol–water partition coefficient (Wildman–Crippen LogP) is 2.93. The molecule has 3 heteroatoms. The van der Waals surface area contributed by atoms with Gasteiger partial charge in [0.15, 0.2) is 0 Å². The molecule has 2 fully saturated rings. The van der Waals surface area contributed by atoms with Crippen LogP contribution in [0.2, 0.25) is 0 Å². The van der Waals surface area contributed by atoms with Crippen LogP contribution in [-0.2, 0) is 4.79 Å². The van der Waals surface area contributed by atoms with Crippen LogP contribution in [0.5, 0.6) is 0 Å².